The molecule has 0 bridgehead atoms. The molecule has 0 unspecified atom stereocenters. The summed E-state index contributed by atoms with van der Waals surface area (Å²) in [5.41, 5.74) is 6.34. The molecule has 1 N–H and O–H groups in total. The number of rotatable bonds is 5. The second-order valence-electron chi connectivity index (χ2n) is 7.10. The molecule has 3 aromatic rings. The zero-order chi connectivity index (χ0) is 20.5. The fraction of sp³-hybridized carbons (Fsp3) is 0.174. The fourth-order valence-electron chi connectivity index (χ4n) is 3.43. The van der Waals surface area contributed by atoms with E-state index in [9.17, 15) is 9.59 Å². The van der Waals surface area contributed by atoms with Crippen molar-refractivity contribution in [2.75, 3.05) is 11.9 Å². The number of fused-ring (bicyclic) bond motifs is 1. The zero-order valence-corrected chi connectivity index (χ0v) is 17.2. The van der Waals surface area contributed by atoms with Crippen LogP contribution in [0.5, 0.6) is 0 Å². The number of carbonyl (C=O) groups is 2. The summed E-state index contributed by atoms with van der Waals surface area (Å²) in [7, 11) is 0. The van der Waals surface area contributed by atoms with E-state index in [0.717, 1.165) is 22.4 Å². The summed E-state index contributed by atoms with van der Waals surface area (Å²) < 4.78 is 0. The first-order chi connectivity index (χ1) is 13.9. The highest BCUT2D eigenvalue weighted by Crippen LogP contribution is 2.31. The van der Waals surface area contributed by atoms with Crippen LogP contribution in [-0.4, -0.2) is 28.2 Å². The van der Waals surface area contributed by atoms with Crippen molar-refractivity contribution >= 4 is 34.0 Å². The number of nitrogens with one attached hydrogen (secondary N) is 1. The molecule has 0 radical (unpaired) electrons. The van der Waals surface area contributed by atoms with Crippen LogP contribution in [0.1, 0.15) is 33.5 Å². The van der Waals surface area contributed by atoms with E-state index in [0.29, 0.717) is 16.4 Å². The average Bonchev–Trinajstić information content (AvgIpc) is 3.26. The highest BCUT2D eigenvalue weighted by atomic mass is 32.1. The van der Waals surface area contributed by atoms with E-state index in [1.807, 2.05) is 37.4 Å². The van der Waals surface area contributed by atoms with Gasteiger partial charge in [-0.3, -0.25) is 9.59 Å². The minimum absolute atomic E-state index is 0.107. The molecule has 2 amide bonds. The molecule has 146 valence electrons. The molecule has 0 spiro atoms. The smallest absolute Gasteiger partial charge is 0.258 e. The number of nitrogens with zero attached hydrogens (tertiary/aromatic N) is 2. The lowest BCUT2D eigenvalue weighted by molar-refractivity contribution is -0.116. The van der Waals surface area contributed by atoms with Gasteiger partial charge in [-0.25, -0.2) is 4.98 Å². The maximum Gasteiger partial charge on any atom is 0.258 e. The number of hydrogen-bond acceptors (Lipinski definition) is 4. The Balaban J connectivity index is 1.39. The van der Waals surface area contributed by atoms with Gasteiger partial charge in [0, 0.05) is 40.7 Å². The first kappa shape index (κ1) is 19.1. The second kappa shape index (κ2) is 7.64. The average molecular weight is 404 g/mol. The molecule has 1 aliphatic heterocycles. The number of aromatic nitrogens is 1. The number of anilines is 1. The van der Waals surface area contributed by atoms with Gasteiger partial charge >= 0.3 is 0 Å². The monoisotopic (exact) mass is 403 g/mol. The lowest BCUT2D eigenvalue weighted by atomic mass is 10.0. The number of thiazole rings is 1. The summed E-state index contributed by atoms with van der Waals surface area (Å²) in [6.07, 6.45) is 0.178. The van der Waals surface area contributed by atoms with Crippen LogP contribution in [0.15, 0.2) is 54.4 Å². The minimum atomic E-state index is -0.177. The summed E-state index contributed by atoms with van der Waals surface area (Å²) in [5, 5.41) is 5.34. The van der Waals surface area contributed by atoms with Crippen molar-refractivity contribution in [3.63, 3.8) is 0 Å². The van der Waals surface area contributed by atoms with Gasteiger partial charge in [0.1, 0.15) is 0 Å². The van der Waals surface area contributed by atoms with Crippen LogP contribution in [0, 0.1) is 13.8 Å². The van der Waals surface area contributed by atoms with Gasteiger partial charge < -0.3 is 10.2 Å². The van der Waals surface area contributed by atoms with Crippen molar-refractivity contribution in [1.29, 1.82) is 0 Å². The summed E-state index contributed by atoms with van der Waals surface area (Å²) in [6.45, 7) is 8.38. The quantitative estimate of drug-likeness (QED) is 0.660. The van der Waals surface area contributed by atoms with Gasteiger partial charge in [-0.1, -0.05) is 42.5 Å². The lowest BCUT2D eigenvalue weighted by Gasteiger charge is -2.16. The van der Waals surface area contributed by atoms with Crippen molar-refractivity contribution in [3.8, 4) is 11.3 Å². The molecule has 2 aromatic carbocycles. The Morgan fingerprint density at radius 3 is 2.66 bits per heavy atom. The number of aryl methyl sites for hydroxylation is 2. The summed E-state index contributed by atoms with van der Waals surface area (Å²) in [6, 6.07) is 13.6. The van der Waals surface area contributed by atoms with Crippen molar-refractivity contribution in [2.24, 2.45) is 0 Å². The number of amides is 2. The van der Waals surface area contributed by atoms with E-state index in [-0.39, 0.29) is 24.8 Å². The SMILES string of the molecule is C=C1c2ccccc2C(=O)N1CCC(=O)Nc1nc(-c2cc(C)ccc2C)cs1. The third-order valence-corrected chi connectivity index (χ3v) is 5.78. The zero-order valence-electron chi connectivity index (χ0n) is 16.4. The Morgan fingerprint density at radius 2 is 1.90 bits per heavy atom. The summed E-state index contributed by atoms with van der Waals surface area (Å²) in [5.74, 6) is -0.284. The highest BCUT2D eigenvalue weighted by molar-refractivity contribution is 7.14. The van der Waals surface area contributed by atoms with Crippen molar-refractivity contribution in [2.45, 2.75) is 20.3 Å². The van der Waals surface area contributed by atoms with E-state index in [1.165, 1.54) is 16.9 Å². The van der Waals surface area contributed by atoms with Gasteiger partial charge in [0.05, 0.1) is 5.69 Å². The number of benzene rings is 2. The molecule has 29 heavy (non-hydrogen) atoms. The van der Waals surface area contributed by atoms with Crippen molar-refractivity contribution < 1.29 is 9.59 Å². The van der Waals surface area contributed by atoms with E-state index >= 15 is 0 Å². The first-order valence-electron chi connectivity index (χ1n) is 9.37. The van der Waals surface area contributed by atoms with Crippen LogP contribution >= 0.6 is 11.3 Å². The maximum atomic E-state index is 12.5. The van der Waals surface area contributed by atoms with Gasteiger partial charge in [-0.15, -0.1) is 11.3 Å². The van der Waals surface area contributed by atoms with Crippen LogP contribution < -0.4 is 5.32 Å². The van der Waals surface area contributed by atoms with Crippen LogP contribution in [-0.2, 0) is 4.79 Å². The predicted molar refractivity (Wildman–Crippen MR) is 117 cm³/mol. The Bertz CT molecular complexity index is 1100. The van der Waals surface area contributed by atoms with Crippen LogP contribution in [0.25, 0.3) is 17.0 Å². The Hall–Kier alpha value is -3.25. The lowest BCUT2D eigenvalue weighted by Crippen LogP contribution is -2.27. The molecule has 1 aromatic heterocycles. The minimum Gasteiger partial charge on any atom is -0.308 e. The maximum absolute atomic E-state index is 12.5. The van der Waals surface area contributed by atoms with Gasteiger partial charge in [0.2, 0.25) is 5.91 Å². The van der Waals surface area contributed by atoms with Crippen LogP contribution in [0.3, 0.4) is 0 Å². The fourth-order valence-corrected chi connectivity index (χ4v) is 4.16. The molecule has 0 atom stereocenters. The second-order valence-corrected chi connectivity index (χ2v) is 7.96. The van der Waals surface area contributed by atoms with Gasteiger partial charge in [-0.05, 0) is 31.5 Å². The standard InChI is InChI=1S/C23H21N3O2S/c1-14-8-9-15(2)19(12-14)20-13-29-23(24-20)25-21(27)10-11-26-16(3)17-6-4-5-7-18(17)22(26)28/h4-9,12-13H,3,10-11H2,1-2H3,(H,24,25,27). The number of carbonyl (C=O) groups excluding carboxylic acids is 2. The largest absolute Gasteiger partial charge is 0.308 e. The van der Waals surface area contributed by atoms with E-state index in [1.54, 1.807) is 11.0 Å². The molecule has 5 nitrogen and oxygen atoms in total. The van der Waals surface area contributed by atoms with Gasteiger partial charge in [-0.2, -0.15) is 0 Å². The molecule has 4 rings (SSSR count). The molecular formula is C23H21N3O2S. The Kier molecular flexibility index (Phi) is 5.03. The molecule has 2 heterocycles. The van der Waals surface area contributed by atoms with Crippen LogP contribution in [0.2, 0.25) is 0 Å². The Labute approximate surface area is 173 Å². The van der Waals surface area contributed by atoms with Gasteiger partial charge in [0.25, 0.3) is 5.91 Å². The van der Waals surface area contributed by atoms with Crippen molar-refractivity contribution in [3.05, 3.63) is 76.7 Å². The third-order valence-electron chi connectivity index (χ3n) is 5.02. The summed E-state index contributed by atoms with van der Waals surface area (Å²) >= 11 is 1.40. The molecule has 0 saturated carbocycles. The molecule has 0 aliphatic carbocycles. The van der Waals surface area contributed by atoms with E-state index < -0.39 is 0 Å². The van der Waals surface area contributed by atoms with E-state index in [4.69, 9.17) is 0 Å². The normalized spacial score (nSPS) is 13.0. The predicted octanol–water partition coefficient (Wildman–Crippen LogP) is 4.88. The molecule has 0 fully saturated rings. The molecule has 1 aliphatic rings. The molecule has 0 saturated heterocycles. The topological polar surface area (TPSA) is 62.3 Å². The van der Waals surface area contributed by atoms with Crippen molar-refractivity contribution in [1.82, 2.24) is 9.88 Å². The molecular weight excluding hydrogens is 382 g/mol. The number of hydrogen-bond donors (Lipinski definition) is 1. The first-order valence-corrected chi connectivity index (χ1v) is 10.2. The summed E-state index contributed by atoms with van der Waals surface area (Å²) in [4.78, 5) is 31.0. The highest BCUT2D eigenvalue weighted by Gasteiger charge is 2.30. The molecule has 6 heteroatoms. The third kappa shape index (κ3) is 3.71. The van der Waals surface area contributed by atoms with E-state index in [2.05, 4.69) is 35.1 Å². The van der Waals surface area contributed by atoms with Crippen LogP contribution in [0.4, 0.5) is 5.13 Å². The van der Waals surface area contributed by atoms with Gasteiger partial charge in [0.15, 0.2) is 5.13 Å². The Morgan fingerprint density at radius 1 is 1.14 bits per heavy atom.